The zero-order chi connectivity index (χ0) is 20.2. The zero-order valence-corrected chi connectivity index (χ0v) is 17.3. The van der Waals surface area contributed by atoms with Crippen molar-refractivity contribution in [3.05, 3.63) is 65.0 Å². The third-order valence-electron chi connectivity index (χ3n) is 5.90. The van der Waals surface area contributed by atoms with E-state index in [2.05, 4.69) is 52.1 Å². The first-order valence-electron chi connectivity index (χ1n) is 10.4. The van der Waals surface area contributed by atoms with Gasteiger partial charge in [0, 0.05) is 25.2 Å². The van der Waals surface area contributed by atoms with Crippen molar-refractivity contribution >= 4 is 0 Å². The van der Waals surface area contributed by atoms with Crippen LogP contribution in [0, 0.1) is 13.8 Å². The molecule has 0 aliphatic carbocycles. The Morgan fingerprint density at radius 3 is 2.69 bits per heavy atom. The van der Waals surface area contributed by atoms with E-state index in [1.165, 1.54) is 35.1 Å². The van der Waals surface area contributed by atoms with Gasteiger partial charge in [0.1, 0.15) is 12.7 Å². The highest BCUT2D eigenvalue weighted by molar-refractivity contribution is 5.37. The summed E-state index contributed by atoms with van der Waals surface area (Å²) >= 11 is 0. The van der Waals surface area contributed by atoms with Gasteiger partial charge in [-0.3, -0.25) is 9.58 Å². The summed E-state index contributed by atoms with van der Waals surface area (Å²) in [5, 5.41) is 18.0. The van der Waals surface area contributed by atoms with Crippen molar-refractivity contribution in [1.29, 1.82) is 0 Å². The molecule has 1 fully saturated rings. The second-order valence-corrected chi connectivity index (χ2v) is 8.10. The number of hydrogen-bond donors (Lipinski definition) is 1. The monoisotopic (exact) mass is 394 g/mol. The Morgan fingerprint density at radius 2 is 1.93 bits per heavy atom. The number of aliphatic hydroxyl groups excluding tert-OH is 1. The van der Waals surface area contributed by atoms with Crippen LogP contribution in [-0.2, 0) is 19.6 Å². The van der Waals surface area contributed by atoms with Gasteiger partial charge in [-0.05, 0) is 61.6 Å². The van der Waals surface area contributed by atoms with Crippen molar-refractivity contribution in [1.82, 2.24) is 29.4 Å². The molecule has 4 rings (SSSR count). The minimum absolute atomic E-state index is 0.127. The topological polar surface area (TPSA) is 72.0 Å². The molecule has 0 radical (unpaired) electrons. The van der Waals surface area contributed by atoms with Crippen LogP contribution in [0.2, 0.25) is 0 Å². The van der Waals surface area contributed by atoms with Crippen LogP contribution in [-0.4, -0.2) is 54.2 Å². The van der Waals surface area contributed by atoms with E-state index in [0.717, 1.165) is 31.9 Å². The van der Waals surface area contributed by atoms with Gasteiger partial charge < -0.3 is 5.11 Å². The molecular weight excluding hydrogens is 364 g/mol. The van der Waals surface area contributed by atoms with Gasteiger partial charge in [-0.2, -0.15) is 10.2 Å². The third kappa shape index (κ3) is 4.74. The summed E-state index contributed by atoms with van der Waals surface area (Å²) in [5.74, 6) is 0.462. The molecule has 3 heterocycles. The van der Waals surface area contributed by atoms with E-state index < -0.39 is 0 Å². The first kappa shape index (κ1) is 19.8. The first-order valence-corrected chi connectivity index (χ1v) is 10.4. The molecule has 2 aromatic heterocycles. The molecule has 29 heavy (non-hydrogen) atoms. The molecule has 0 amide bonds. The summed E-state index contributed by atoms with van der Waals surface area (Å²) < 4.78 is 3.72. The predicted octanol–water partition coefficient (Wildman–Crippen LogP) is 2.51. The fraction of sp³-hybridized carbons (Fsp3) is 0.500. The minimum atomic E-state index is 0.127. The summed E-state index contributed by atoms with van der Waals surface area (Å²) in [6, 6.07) is 6.74. The zero-order valence-electron chi connectivity index (χ0n) is 17.3. The molecular formula is C22H30N6O. The van der Waals surface area contributed by atoms with Gasteiger partial charge in [-0.25, -0.2) is 9.67 Å². The summed E-state index contributed by atoms with van der Waals surface area (Å²) in [6.45, 7) is 8.94. The van der Waals surface area contributed by atoms with Gasteiger partial charge in [-0.15, -0.1) is 0 Å². The fourth-order valence-corrected chi connectivity index (χ4v) is 4.28. The molecule has 0 spiro atoms. The van der Waals surface area contributed by atoms with E-state index >= 15 is 0 Å². The number of nitrogens with zero attached hydrogens (tertiary/aromatic N) is 6. The second-order valence-electron chi connectivity index (χ2n) is 8.10. The quantitative estimate of drug-likeness (QED) is 0.667. The molecule has 0 bridgehead atoms. The lowest BCUT2D eigenvalue weighted by Gasteiger charge is -2.32. The molecule has 7 nitrogen and oxygen atoms in total. The van der Waals surface area contributed by atoms with E-state index in [1.54, 1.807) is 12.7 Å². The maximum atomic E-state index is 9.12. The number of rotatable bonds is 7. The maximum absolute atomic E-state index is 9.12. The first-order chi connectivity index (χ1) is 14.1. The molecule has 1 atom stereocenters. The summed E-state index contributed by atoms with van der Waals surface area (Å²) in [7, 11) is 0. The van der Waals surface area contributed by atoms with Crippen molar-refractivity contribution in [2.24, 2.45) is 0 Å². The van der Waals surface area contributed by atoms with E-state index in [4.69, 9.17) is 5.11 Å². The Labute approximate surface area is 172 Å². The Bertz CT molecular complexity index is 933. The molecule has 1 aliphatic heterocycles. The van der Waals surface area contributed by atoms with Crippen LogP contribution in [0.4, 0.5) is 0 Å². The van der Waals surface area contributed by atoms with E-state index in [0.29, 0.717) is 12.5 Å². The predicted molar refractivity (Wildman–Crippen MR) is 112 cm³/mol. The molecule has 1 unspecified atom stereocenters. The number of likely N-dealkylation sites (tertiary alicyclic amines) is 1. The summed E-state index contributed by atoms with van der Waals surface area (Å²) in [4.78, 5) is 6.61. The van der Waals surface area contributed by atoms with Gasteiger partial charge in [0.05, 0.1) is 25.4 Å². The van der Waals surface area contributed by atoms with Gasteiger partial charge in [0.15, 0.2) is 0 Å². The average molecular weight is 395 g/mol. The lowest BCUT2D eigenvalue weighted by atomic mass is 9.93. The number of piperidine rings is 1. The standard InChI is InChI=1S/C22H30N6O/c1-17-10-18(2)21(14-28-16-23-15-24-28)11-20(17)13-26-6-3-4-19(12-26)22-5-7-27(25-22)8-9-29/h5,7,10-11,15-16,19,29H,3-4,6,8-9,12-14H2,1-2H3. The third-order valence-corrected chi connectivity index (χ3v) is 5.90. The van der Waals surface area contributed by atoms with Crippen LogP contribution >= 0.6 is 0 Å². The molecule has 1 aromatic carbocycles. The Balaban J connectivity index is 1.46. The van der Waals surface area contributed by atoms with E-state index in [9.17, 15) is 0 Å². The molecule has 7 heteroatoms. The highest BCUT2D eigenvalue weighted by Gasteiger charge is 2.23. The Hall–Kier alpha value is -2.51. The summed E-state index contributed by atoms with van der Waals surface area (Å²) in [5.41, 5.74) is 6.48. The van der Waals surface area contributed by atoms with Crippen LogP contribution in [0.1, 0.15) is 46.7 Å². The second kappa shape index (κ2) is 8.88. The summed E-state index contributed by atoms with van der Waals surface area (Å²) in [6.07, 6.45) is 7.70. The molecule has 1 aliphatic rings. The van der Waals surface area contributed by atoms with Crippen molar-refractivity contribution in [3.8, 4) is 0 Å². The Morgan fingerprint density at radius 1 is 1.10 bits per heavy atom. The van der Waals surface area contributed by atoms with Gasteiger partial charge in [-0.1, -0.05) is 12.1 Å². The van der Waals surface area contributed by atoms with Crippen molar-refractivity contribution in [2.75, 3.05) is 19.7 Å². The van der Waals surface area contributed by atoms with E-state index in [1.807, 2.05) is 15.6 Å². The number of aromatic nitrogens is 5. The average Bonchev–Trinajstić information content (AvgIpc) is 3.38. The minimum Gasteiger partial charge on any atom is -0.394 e. The molecule has 154 valence electrons. The van der Waals surface area contributed by atoms with Gasteiger partial charge in [0.2, 0.25) is 0 Å². The normalized spacial score (nSPS) is 17.7. The van der Waals surface area contributed by atoms with Crippen LogP contribution in [0.3, 0.4) is 0 Å². The van der Waals surface area contributed by atoms with Gasteiger partial charge >= 0.3 is 0 Å². The highest BCUT2D eigenvalue weighted by atomic mass is 16.3. The van der Waals surface area contributed by atoms with Crippen molar-refractivity contribution in [3.63, 3.8) is 0 Å². The fourth-order valence-electron chi connectivity index (χ4n) is 4.28. The van der Waals surface area contributed by atoms with Crippen LogP contribution in [0.15, 0.2) is 37.1 Å². The molecule has 0 saturated carbocycles. The van der Waals surface area contributed by atoms with Gasteiger partial charge in [0.25, 0.3) is 0 Å². The molecule has 1 N–H and O–H groups in total. The number of benzene rings is 1. The smallest absolute Gasteiger partial charge is 0.137 e. The van der Waals surface area contributed by atoms with E-state index in [-0.39, 0.29) is 6.61 Å². The largest absolute Gasteiger partial charge is 0.394 e. The SMILES string of the molecule is Cc1cc(C)c(Cn2cncn2)cc1CN1CCCC(c2ccn(CCO)n2)C1. The lowest BCUT2D eigenvalue weighted by Crippen LogP contribution is -2.34. The van der Waals surface area contributed by atoms with Crippen molar-refractivity contribution < 1.29 is 5.11 Å². The number of aryl methyl sites for hydroxylation is 2. The Kier molecular flexibility index (Phi) is 6.06. The van der Waals surface area contributed by atoms with Crippen LogP contribution in [0.25, 0.3) is 0 Å². The molecule has 1 saturated heterocycles. The van der Waals surface area contributed by atoms with Crippen molar-refractivity contribution in [2.45, 2.75) is 52.2 Å². The highest BCUT2D eigenvalue weighted by Crippen LogP contribution is 2.28. The maximum Gasteiger partial charge on any atom is 0.137 e. The number of hydrogen-bond acceptors (Lipinski definition) is 5. The lowest BCUT2D eigenvalue weighted by molar-refractivity contribution is 0.197. The van der Waals surface area contributed by atoms with Crippen LogP contribution < -0.4 is 0 Å². The number of aliphatic hydroxyl groups is 1. The molecule has 3 aromatic rings. The van der Waals surface area contributed by atoms with Crippen LogP contribution in [0.5, 0.6) is 0 Å².